The average molecular weight is 479 g/mol. The van der Waals surface area contributed by atoms with Crippen molar-refractivity contribution in [3.05, 3.63) is 97.3 Å². The molecule has 0 bridgehead atoms. The molecule has 0 fully saturated rings. The van der Waals surface area contributed by atoms with Crippen molar-refractivity contribution in [1.29, 1.82) is 0 Å². The molecule has 8 heteroatoms. The first kappa shape index (κ1) is 22.8. The van der Waals surface area contributed by atoms with E-state index < -0.39 is 0 Å². The molecule has 0 radical (unpaired) electrons. The number of nitrogens with zero attached hydrogens (tertiary/aromatic N) is 2. The van der Waals surface area contributed by atoms with E-state index in [9.17, 15) is 9.59 Å². The van der Waals surface area contributed by atoms with Gasteiger partial charge in [-0.1, -0.05) is 48.5 Å². The predicted octanol–water partition coefficient (Wildman–Crippen LogP) is 4.82. The fourth-order valence-corrected chi connectivity index (χ4v) is 3.76. The van der Waals surface area contributed by atoms with Gasteiger partial charge >= 0.3 is 0 Å². The van der Waals surface area contributed by atoms with Crippen LogP contribution >= 0.6 is 0 Å². The molecule has 2 amide bonds. The van der Waals surface area contributed by atoms with E-state index in [0.717, 1.165) is 10.8 Å². The third kappa shape index (κ3) is 5.23. The molecule has 5 rings (SSSR count). The summed E-state index contributed by atoms with van der Waals surface area (Å²) >= 11 is 0. The number of anilines is 2. The Morgan fingerprint density at radius 3 is 1.50 bits per heavy atom. The molecule has 0 atom stereocenters. The highest BCUT2D eigenvalue weighted by Crippen LogP contribution is 2.27. The zero-order chi connectivity index (χ0) is 24.7. The summed E-state index contributed by atoms with van der Waals surface area (Å²) in [4.78, 5) is 33.8. The van der Waals surface area contributed by atoms with Crippen molar-refractivity contribution in [1.82, 2.24) is 9.97 Å². The van der Waals surface area contributed by atoms with E-state index in [1.54, 1.807) is 48.8 Å². The molecule has 0 aliphatic rings. The number of carbonyl (C=O) groups is 2. The minimum atomic E-state index is -0.343. The number of hydrogen-bond donors (Lipinski definition) is 2. The lowest BCUT2D eigenvalue weighted by molar-refractivity contribution is -0.119. The molecule has 2 heterocycles. The second-order valence-electron chi connectivity index (χ2n) is 7.88. The van der Waals surface area contributed by atoms with Crippen LogP contribution in [0.25, 0.3) is 21.8 Å². The van der Waals surface area contributed by atoms with Crippen molar-refractivity contribution in [2.24, 2.45) is 0 Å². The van der Waals surface area contributed by atoms with Crippen LogP contribution in [0.1, 0.15) is 0 Å². The SMILES string of the molecule is O=C(COc1ccccc1OCC(=O)Nc1cccc2cccnc12)Nc1cccc2cccnc12. The molecule has 5 aromatic rings. The van der Waals surface area contributed by atoms with E-state index in [2.05, 4.69) is 20.6 Å². The molecular weight excluding hydrogens is 456 g/mol. The Bertz CT molecular complexity index is 1430. The summed E-state index contributed by atoms with van der Waals surface area (Å²) in [6, 6.07) is 25.5. The van der Waals surface area contributed by atoms with Gasteiger partial charge < -0.3 is 20.1 Å². The molecule has 0 saturated heterocycles. The van der Waals surface area contributed by atoms with E-state index in [1.165, 1.54) is 0 Å². The van der Waals surface area contributed by atoms with Gasteiger partial charge in [0.2, 0.25) is 0 Å². The second-order valence-corrected chi connectivity index (χ2v) is 7.88. The number of aromatic nitrogens is 2. The molecule has 0 unspecified atom stereocenters. The predicted molar refractivity (Wildman–Crippen MR) is 138 cm³/mol. The molecule has 0 spiro atoms. The normalized spacial score (nSPS) is 10.7. The van der Waals surface area contributed by atoms with Crippen LogP contribution in [0.15, 0.2) is 97.3 Å². The van der Waals surface area contributed by atoms with Crippen LogP contribution in [0.4, 0.5) is 11.4 Å². The highest BCUT2D eigenvalue weighted by Gasteiger charge is 2.12. The summed E-state index contributed by atoms with van der Waals surface area (Å²) in [6.45, 7) is -0.477. The monoisotopic (exact) mass is 478 g/mol. The summed E-state index contributed by atoms with van der Waals surface area (Å²) in [5, 5.41) is 7.51. The summed E-state index contributed by atoms with van der Waals surface area (Å²) in [5.74, 6) is 0.0138. The molecule has 0 aliphatic heterocycles. The Morgan fingerprint density at radius 1 is 0.583 bits per heavy atom. The first-order chi connectivity index (χ1) is 17.7. The number of fused-ring (bicyclic) bond motifs is 2. The zero-order valence-electron chi connectivity index (χ0n) is 19.2. The van der Waals surface area contributed by atoms with Crippen LogP contribution in [-0.4, -0.2) is 35.0 Å². The summed E-state index contributed by atoms with van der Waals surface area (Å²) in [7, 11) is 0. The van der Waals surface area contributed by atoms with Gasteiger partial charge in [0.05, 0.1) is 22.4 Å². The van der Waals surface area contributed by atoms with Crippen LogP contribution in [0.5, 0.6) is 11.5 Å². The Hall–Kier alpha value is -4.98. The van der Waals surface area contributed by atoms with E-state index in [0.29, 0.717) is 33.9 Å². The fourth-order valence-electron chi connectivity index (χ4n) is 3.76. The first-order valence-electron chi connectivity index (χ1n) is 11.3. The topological polar surface area (TPSA) is 102 Å². The number of rotatable bonds is 8. The van der Waals surface area contributed by atoms with Gasteiger partial charge in [-0.05, 0) is 36.4 Å². The van der Waals surface area contributed by atoms with Gasteiger partial charge in [-0.25, -0.2) is 0 Å². The second kappa shape index (κ2) is 10.5. The molecule has 0 aliphatic carbocycles. The number of carbonyl (C=O) groups excluding carboxylic acids is 2. The van der Waals surface area contributed by atoms with Crippen LogP contribution in [0.2, 0.25) is 0 Å². The van der Waals surface area contributed by atoms with E-state index >= 15 is 0 Å². The number of nitrogens with one attached hydrogen (secondary N) is 2. The van der Waals surface area contributed by atoms with E-state index in [-0.39, 0.29) is 25.0 Å². The number of pyridine rings is 2. The Labute approximate surface area is 206 Å². The minimum absolute atomic E-state index is 0.239. The molecule has 2 N–H and O–H groups in total. The molecule has 0 saturated carbocycles. The van der Waals surface area contributed by atoms with Gasteiger partial charge in [0.1, 0.15) is 0 Å². The number of benzene rings is 3. The largest absolute Gasteiger partial charge is 0.480 e. The van der Waals surface area contributed by atoms with E-state index in [4.69, 9.17) is 9.47 Å². The molecule has 36 heavy (non-hydrogen) atoms. The van der Waals surface area contributed by atoms with Crippen molar-refractivity contribution in [2.75, 3.05) is 23.8 Å². The Kier molecular flexibility index (Phi) is 6.66. The lowest BCUT2D eigenvalue weighted by Crippen LogP contribution is -2.22. The van der Waals surface area contributed by atoms with E-state index in [1.807, 2.05) is 48.5 Å². The van der Waals surface area contributed by atoms with Crippen LogP contribution < -0.4 is 20.1 Å². The summed E-state index contributed by atoms with van der Waals surface area (Å²) < 4.78 is 11.4. The Balaban J connectivity index is 1.19. The molecule has 3 aromatic carbocycles. The first-order valence-corrected chi connectivity index (χ1v) is 11.3. The third-order valence-electron chi connectivity index (χ3n) is 5.38. The van der Waals surface area contributed by atoms with Gasteiger partial charge in [-0.2, -0.15) is 0 Å². The maximum Gasteiger partial charge on any atom is 0.262 e. The zero-order valence-corrected chi connectivity index (χ0v) is 19.2. The summed E-state index contributed by atoms with van der Waals surface area (Å²) in [5.41, 5.74) is 2.60. The van der Waals surface area contributed by atoms with Crippen molar-refractivity contribution < 1.29 is 19.1 Å². The highest BCUT2D eigenvalue weighted by atomic mass is 16.5. The van der Waals surface area contributed by atoms with Crippen molar-refractivity contribution in [3.63, 3.8) is 0 Å². The lowest BCUT2D eigenvalue weighted by Gasteiger charge is -2.13. The minimum Gasteiger partial charge on any atom is -0.480 e. The van der Waals surface area contributed by atoms with Crippen molar-refractivity contribution in [2.45, 2.75) is 0 Å². The fraction of sp³-hybridized carbons (Fsp3) is 0.0714. The van der Waals surface area contributed by atoms with Gasteiger partial charge in [0, 0.05) is 23.2 Å². The maximum absolute atomic E-state index is 12.5. The molecular formula is C28H22N4O4. The highest BCUT2D eigenvalue weighted by molar-refractivity contribution is 6.01. The Morgan fingerprint density at radius 2 is 1.03 bits per heavy atom. The molecule has 178 valence electrons. The smallest absolute Gasteiger partial charge is 0.262 e. The molecule has 2 aromatic heterocycles. The van der Waals surface area contributed by atoms with Gasteiger partial charge in [-0.3, -0.25) is 19.6 Å². The van der Waals surface area contributed by atoms with Crippen LogP contribution in [-0.2, 0) is 9.59 Å². The van der Waals surface area contributed by atoms with Gasteiger partial charge in [0.15, 0.2) is 24.7 Å². The number of ether oxygens (including phenoxy) is 2. The number of amides is 2. The number of hydrogen-bond acceptors (Lipinski definition) is 6. The molecule has 8 nitrogen and oxygen atoms in total. The lowest BCUT2D eigenvalue weighted by atomic mass is 10.2. The maximum atomic E-state index is 12.5. The summed E-state index contributed by atoms with van der Waals surface area (Å²) in [6.07, 6.45) is 3.35. The number of para-hydroxylation sites is 4. The van der Waals surface area contributed by atoms with Gasteiger partial charge in [-0.15, -0.1) is 0 Å². The quantitative estimate of drug-likeness (QED) is 0.332. The third-order valence-corrected chi connectivity index (χ3v) is 5.38. The van der Waals surface area contributed by atoms with Crippen LogP contribution in [0, 0.1) is 0 Å². The van der Waals surface area contributed by atoms with Crippen molar-refractivity contribution in [3.8, 4) is 11.5 Å². The average Bonchev–Trinajstić information content (AvgIpc) is 2.92. The van der Waals surface area contributed by atoms with Gasteiger partial charge in [0.25, 0.3) is 11.8 Å². The van der Waals surface area contributed by atoms with Crippen molar-refractivity contribution >= 4 is 45.0 Å². The standard InChI is InChI=1S/C28H22N4O4/c33-25(31-21-11-3-7-19-9-5-15-29-27(19)21)17-35-23-13-1-2-14-24(23)36-18-26(34)32-22-12-4-8-20-10-6-16-30-28(20)22/h1-16H,17-18H2,(H,31,33)(H,32,34). The van der Waals surface area contributed by atoms with Crippen LogP contribution in [0.3, 0.4) is 0 Å².